The molecule has 5 rings (SSSR count). The van der Waals surface area contributed by atoms with Crippen molar-refractivity contribution in [3.8, 4) is 0 Å². The molecule has 0 bridgehead atoms. The number of Topliss-reactive ketones (excluding diaryl/α,β-unsaturated/α-hetero) is 1. The Morgan fingerprint density at radius 2 is 1.63 bits per heavy atom. The molecule has 1 amide bonds. The molecule has 57 heavy (non-hydrogen) atoms. The number of para-hydroxylation sites is 1. The number of carboxylic acids is 1. The van der Waals surface area contributed by atoms with Gasteiger partial charge in [-0.2, -0.15) is 13.0 Å². The Kier molecular flexibility index (Phi) is 13.3. The summed E-state index contributed by atoms with van der Waals surface area (Å²) in [4.78, 5) is 41.0. The number of benzene rings is 2. The molecule has 0 aromatic heterocycles. The first-order valence-corrected chi connectivity index (χ1v) is 21.8. The van der Waals surface area contributed by atoms with Crippen LogP contribution in [0.5, 0.6) is 0 Å². The zero-order valence-electron chi connectivity index (χ0n) is 34.7. The number of nitrogens with one attached hydrogen (secondary N) is 1. The van der Waals surface area contributed by atoms with Gasteiger partial charge in [0.2, 0.25) is 11.6 Å². The second-order valence-corrected chi connectivity index (χ2v) is 18.2. The van der Waals surface area contributed by atoms with Crippen molar-refractivity contribution in [3.05, 3.63) is 101 Å². The number of ketones is 1. The lowest BCUT2D eigenvalue weighted by molar-refractivity contribution is -0.438. The van der Waals surface area contributed by atoms with Crippen molar-refractivity contribution in [2.24, 2.45) is 5.41 Å². The number of carboxylic acid groups (broad SMARTS) is 1. The lowest BCUT2D eigenvalue weighted by atomic mass is 9.68. The van der Waals surface area contributed by atoms with Gasteiger partial charge < -0.3 is 15.3 Å². The molecule has 1 atom stereocenters. The lowest BCUT2D eigenvalue weighted by Gasteiger charge is -2.34. The van der Waals surface area contributed by atoms with Gasteiger partial charge >= 0.3 is 5.97 Å². The van der Waals surface area contributed by atoms with E-state index in [2.05, 4.69) is 85.0 Å². The van der Waals surface area contributed by atoms with Crippen LogP contribution in [0.1, 0.15) is 117 Å². The Balaban J connectivity index is 1.58. The number of carbonyl (C=O) groups excluding carboxylic acids is 2. The van der Waals surface area contributed by atoms with Crippen LogP contribution in [0.4, 0.5) is 11.4 Å². The third-order valence-corrected chi connectivity index (χ3v) is 12.7. The van der Waals surface area contributed by atoms with Gasteiger partial charge in [-0.05, 0) is 93.9 Å². The Labute approximate surface area is 338 Å². The third kappa shape index (κ3) is 9.10. The van der Waals surface area contributed by atoms with E-state index in [-0.39, 0.29) is 41.3 Å². The fourth-order valence-electron chi connectivity index (χ4n) is 8.68. The summed E-state index contributed by atoms with van der Waals surface area (Å²) in [6.45, 7) is 16.2. The SMILES string of the molecule is CCCC[N+]1=C(/C=C/C2=CC(=C/C=C3/N(CCC)c4ccc(S(=O)(=O)O)cc4C3(C)C)/CC(C(C)=O)(C(=O)NCCCCCC(=O)O)C2)C(C)(C)c2ccccc21. The first kappa shape index (κ1) is 43.5. The predicted octanol–water partition coefficient (Wildman–Crippen LogP) is 8.74. The fraction of sp³-hybridized carbons (Fsp3) is 0.478. The molecule has 11 heteroatoms. The zero-order chi connectivity index (χ0) is 41.8. The van der Waals surface area contributed by atoms with Gasteiger partial charge in [-0.25, -0.2) is 0 Å². The van der Waals surface area contributed by atoms with Crippen LogP contribution in [0.3, 0.4) is 0 Å². The van der Waals surface area contributed by atoms with E-state index in [1.807, 2.05) is 26.0 Å². The molecular formula is C46H60N3O7S+. The van der Waals surface area contributed by atoms with E-state index in [0.717, 1.165) is 59.6 Å². The summed E-state index contributed by atoms with van der Waals surface area (Å²) in [5, 5.41) is 12.0. The number of rotatable bonds is 17. The van der Waals surface area contributed by atoms with Gasteiger partial charge in [0.1, 0.15) is 17.7 Å². The third-order valence-electron chi connectivity index (χ3n) is 11.9. The topological polar surface area (TPSA) is 144 Å². The van der Waals surface area contributed by atoms with Crippen LogP contribution in [0.2, 0.25) is 0 Å². The molecule has 0 spiro atoms. The maximum absolute atomic E-state index is 14.2. The van der Waals surface area contributed by atoms with Crippen LogP contribution in [0, 0.1) is 5.41 Å². The maximum Gasteiger partial charge on any atom is 0.303 e. The standard InChI is InChI=1S/C46H59N3O7S/c1-8-10-27-49-38-17-14-13-16-36(38)44(4,5)40(49)23-19-33-28-34(31-46(30-33,32(3)50)43(53)47-25-15-11-12-18-42(51)52)20-24-41-45(6,7)37-29-35(57(54,55)56)21-22-39(37)48(41)26-9-2/h13-14,16-17,19-24,28-29H,8-12,15,18,25-27,30-31H2,1-7H3,(H2-,47,51,52,53,54,55,56)/p+1. The number of nitrogens with zero attached hydrogens (tertiary/aromatic N) is 2. The van der Waals surface area contributed by atoms with E-state index >= 15 is 0 Å². The van der Waals surface area contributed by atoms with Crippen molar-refractivity contribution in [3.63, 3.8) is 0 Å². The van der Waals surface area contributed by atoms with Crippen LogP contribution < -0.4 is 10.2 Å². The molecule has 0 saturated carbocycles. The Bertz CT molecular complexity index is 2170. The number of hydrogen-bond acceptors (Lipinski definition) is 6. The molecule has 0 saturated heterocycles. The quantitative estimate of drug-likeness (QED) is 0.0624. The lowest BCUT2D eigenvalue weighted by Crippen LogP contribution is -2.47. The molecule has 10 nitrogen and oxygen atoms in total. The average molecular weight is 799 g/mol. The molecule has 2 aromatic carbocycles. The summed E-state index contributed by atoms with van der Waals surface area (Å²) < 4.78 is 36.5. The number of aliphatic carboxylic acids is 1. The van der Waals surface area contributed by atoms with Crippen LogP contribution >= 0.6 is 0 Å². The highest BCUT2D eigenvalue weighted by Crippen LogP contribution is 2.49. The minimum atomic E-state index is -4.41. The Hall–Kier alpha value is -4.61. The Morgan fingerprint density at radius 3 is 2.30 bits per heavy atom. The highest BCUT2D eigenvalue weighted by atomic mass is 32.2. The van der Waals surface area contributed by atoms with Gasteiger partial charge in [0.05, 0.1) is 10.3 Å². The summed E-state index contributed by atoms with van der Waals surface area (Å²) >= 11 is 0. The van der Waals surface area contributed by atoms with Gasteiger partial charge in [-0.1, -0.05) is 77.0 Å². The number of carbonyl (C=O) groups is 3. The molecular weight excluding hydrogens is 739 g/mol. The van der Waals surface area contributed by atoms with E-state index in [4.69, 9.17) is 5.11 Å². The van der Waals surface area contributed by atoms with Crippen molar-refractivity contribution in [1.29, 1.82) is 0 Å². The summed E-state index contributed by atoms with van der Waals surface area (Å²) in [7, 11) is -4.41. The molecule has 0 fully saturated rings. The van der Waals surface area contributed by atoms with Crippen LogP contribution in [0.25, 0.3) is 0 Å². The minimum Gasteiger partial charge on any atom is -0.481 e. The Morgan fingerprint density at radius 1 is 0.895 bits per heavy atom. The predicted molar refractivity (Wildman–Crippen MR) is 226 cm³/mol. The average Bonchev–Trinajstić information content (AvgIpc) is 3.50. The van der Waals surface area contributed by atoms with E-state index in [0.29, 0.717) is 32.4 Å². The van der Waals surface area contributed by atoms with Crippen LogP contribution in [-0.2, 0) is 35.3 Å². The molecule has 1 aliphatic carbocycles. The second-order valence-electron chi connectivity index (χ2n) is 16.8. The van der Waals surface area contributed by atoms with Crippen molar-refractivity contribution in [2.75, 3.05) is 24.5 Å². The first-order chi connectivity index (χ1) is 26.9. The molecule has 3 aliphatic rings. The highest BCUT2D eigenvalue weighted by molar-refractivity contribution is 7.85. The monoisotopic (exact) mass is 798 g/mol. The summed E-state index contributed by atoms with van der Waals surface area (Å²) in [6.07, 6.45) is 15.5. The number of allylic oxidation sites excluding steroid dienone is 8. The van der Waals surface area contributed by atoms with Gasteiger partial charge in [-0.3, -0.25) is 18.9 Å². The summed E-state index contributed by atoms with van der Waals surface area (Å²) in [5.41, 5.74) is 5.60. The molecule has 0 radical (unpaired) electrons. The maximum atomic E-state index is 14.2. The van der Waals surface area contributed by atoms with Crippen molar-refractivity contribution >= 4 is 44.9 Å². The molecule has 2 aliphatic heterocycles. The van der Waals surface area contributed by atoms with Crippen molar-refractivity contribution in [1.82, 2.24) is 5.32 Å². The van der Waals surface area contributed by atoms with E-state index in [9.17, 15) is 27.4 Å². The number of amides is 1. The zero-order valence-corrected chi connectivity index (χ0v) is 35.5. The normalized spacial score (nSPS) is 21.3. The summed E-state index contributed by atoms with van der Waals surface area (Å²) in [5.74, 6) is -1.41. The first-order valence-electron chi connectivity index (χ1n) is 20.3. The van der Waals surface area contributed by atoms with Crippen molar-refractivity contribution in [2.45, 2.75) is 122 Å². The fourth-order valence-corrected chi connectivity index (χ4v) is 9.19. The van der Waals surface area contributed by atoms with Gasteiger partial charge in [0, 0.05) is 60.4 Å². The van der Waals surface area contributed by atoms with Crippen molar-refractivity contribution < 1.29 is 37.0 Å². The van der Waals surface area contributed by atoms with E-state index in [1.54, 1.807) is 12.1 Å². The number of unbranched alkanes of at least 4 members (excludes halogenated alkanes) is 3. The smallest absolute Gasteiger partial charge is 0.303 e. The molecule has 3 N–H and O–H groups in total. The number of fused-ring (bicyclic) bond motifs is 2. The van der Waals surface area contributed by atoms with Crippen LogP contribution in [0.15, 0.2) is 94.6 Å². The molecule has 306 valence electrons. The summed E-state index contributed by atoms with van der Waals surface area (Å²) in [6, 6.07) is 13.2. The second kappa shape index (κ2) is 17.5. The largest absolute Gasteiger partial charge is 0.481 e. The van der Waals surface area contributed by atoms with Gasteiger partial charge in [-0.15, -0.1) is 0 Å². The molecule has 2 heterocycles. The minimum absolute atomic E-state index is 0.0749. The highest BCUT2D eigenvalue weighted by Gasteiger charge is 2.47. The number of anilines is 1. The van der Waals surface area contributed by atoms with E-state index < -0.39 is 26.9 Å². The number of hydrogen-bond donors (Lipinski definition) is 3. The molecule has 1 unspecified atom stereocenters. The van der Waals surface area contributed by atoms with E-state index in [1.165, 1.54) is 24.2 Å². The van der Waals surface area contributed by atoms with Crippen LogP contribution in [-0.4, -0.2) is 65.7 Å². The van der Waals surface area contributed by atoms with Gasteiger partial charge in [0.15, 0.2) is 5.71 Å². The van der Waals surface area contributed by atoms with Gasteiger partial charge in [0.25, 0.3) is 10.1 Å². The molecule has 2 aromatic rings.